The second kappa shape index (κ2) is 6.92. The van der Waals surface area contributed by atoms with Crippen LogP contribution in [0.2, 0.25) is 5.02 Å². The maximum absolute atomic E-state index is 14.0. The SMILES string of the molecule is Cc1cccnc1N1CCc2ncc(Nc3c(F)cccc3Cl)cc2C1. The number of fused-ring (bicyclic) bond motifs is 1. The maximum atomic E-state index is 14.0. The van der Waals surface area contributed by atoms with Crippen LogP contribution < -0.4 is 10.2 Å². The summed E-state index contributed by atoms with van der Waals surface area (Å²) < 4.78 is 14.0. The monoisotopic (exact) mass is 368 g/mol. The molecule has 0 atom stereocenters. The molecule has 0 fully saturated rings. The van der Waals surface area contributed by atoms with Crippen LogP contribution in [0, 0.1) is 12.7 Å². The van der Waals surface area contributed by atoms with Crippen LogP contribution in [-0.4, -0.2) is 16.5 Å². The molecule has 1 aliphatic rings. The lowest BCUT2D eigenvalue weighted by molar-refractivity contribution is 0.632. The Morgan fingerprint density at radius 3 is 2.88 bits per heavy atom. The van der Waals surface area contributed by atoms with Gasteiger partial charge in [0.1, 0.15) is 11.6 Å². The Labute approximate surface area is 156 Å². The Morgan fingerprint density at radius 2 is 2.08 bits per heavy atom. The molecular weight excluding hydrogens is 351 g/mol. The summed E-state index contributed by atoms with van der Waals surface area (Å²) in [4.78, 5) is 11.3. The van der Waals surface area contributed by atoms with Crippen molar-refractivity contribution in [2.45, 2.75) is 19.9 Å². The lowest BCUT2D eigenvalue weighted by atomic mass is 10.0. The van der Waals surface area contributed by atoms with E-state index >= 15 is 0 Å². The molecule has 1 N–H and O–H groups in total. The number of nitrogens with one attached hydrogen (secondary N) is 1. The lowest BCUT2D eigenvalue weighted by Crippen LogP contribution is -2.32. The summed E-state index contributed by atoms with van der Waals surface area (Å²) in [5, 5.41) is 3.39. The predicted molar refractivity (Wildman–Crippen MR) is 103 cm³/mol. The number of anilines is 3. The molecule has 26 heavy (non-hydrogen) atoms. The zero-order chi connectivity index (χ0) is 18.1. The largest absolute Gasteiger partial charge is 0.352 e. The molecule has 0 bridgehead atoms. The first-order chi connectivity index (χ1) is 12.6. The van der Waals surface area contributed by atoms with Crippen LogP contribution in [0.1, 0.15) is 16.8 Å². The highest BCUT2D eigenvalue weighted by Crippen LogP contribution is 2.30. The van der Waals surface area contributed by atoms with Crippen LogP contribution >= 0.6 is 11.6 Å². The highest BCUT2D eigenvalue weighted by Gasteiger charge is 2.20. The number of aromatic nitrogens is 2. The number of para-hydroxylation sites is 1. The first kappa shape index (κ1) is 16.8. The van der Waals surface area contributed by atoms with Crippen LogP contribution in [0.5, 0.6) is 0 Å². The molecule has 132 valence electrons. The van der Waals surface area contributed by atoms with Gasteiger partial charge in [-0.15, -0.1) is 0 Å². The molecule has 0 saturated heterocycles. The predicted octanol–water partition coefficient (Wildman–Crippen LogP) is 4.88. The van der Waals surface area contributed by atoms with Crippen molar-refractivity contribution in [2.75, 3.05) is 16.8 Å². The molecule has 3 heterocycles. The van der Waals surface area contributed by atoms with Crippen molar-refractivity contribution in [1.82, 2.24) is 9.97 Å². The van der Waals surface area contributed by atoms with Gasteiger partial charge in [0.25, 0.3) is 0 Å². The maximum Gasteiger partial charge on any atom is 0.148 e. The number of pyridine rings is 2. The van der Waals surface area contributed by atoms with Crippen LogP contribution in [0.4, 0.5) is 21.6 Å². The van der Waals surface area contributed by atoms with Gasteiger partial charge in [0.05, 0.1) is 22.6 Å². The van der Waals surface area contributed by atoms with Crippen molar-refractivity contribution < 1.29 is 4.39 Å². The van der Waals surface area contributed by atoms with E-state index in [2.05, 4.69) is 33.2 Å². The Bertz CT molecular complexity index is 940. The third-order valence-corrected chi connectivity index (χ3v) is 4.87. The summed E-state index contributed by atoms with van der Waals surface area (Å²) in [5.41, 5.74) is 4.31. The first-order valence-corrected chi connectivity index (χ1v) is 8.85. The number of hydrogen-bond acceptors (Lipinski definition) is 4. The molecule has 0 spiro atoms. The van der Waals surface area contributed by atoms with Gasteiger partial charge in [0, 0.05) is 31.4 Å². The number of nitrogens with zero attached hydrogens (tertiary/aromatic N) is 3. The molecule has 4 rings (SSSR count). The van der Waals surface area contributed by atoms with Crippen molar-refractivity contribution in [3.63, 3.8) is 0 Å². The fourth-order valence-corrected chi connectivity index (χ4v) is 3.46. The third-order valence-electron chi connectivity index (χ3n) is 4.55. The van der Waals surface area contributed by atoms with E-state index in [-0.39, 0.29) is 11.5 Å². The number of aryl methyl sites for hydroxylation is 1. The van der Waals surface area contributed by atoms with Crippen molar-refractivity contribution >= 4 is 28.8 Å². The normalized spacial score (nSPS) is 13.4. The molecule has 0 amide bonds. The smallest absolute Gasteiger partial charge is 0.148 e. The van der Waals surface area contributed by atoms with Gasteiger partial charge >= 0.3 is 0 Å². The van der Waals surface area contributed by atoms with Crippen LogP contribution in [0.15, 0.2) is 48.8 Å². The number of benzene rings is 1. The molecule has 2 aromatic heterocycles. The van der Waals surface area contributed by atoms with Crippen molar-refractivity contribution in [1.29, 1.82) is 0 Å². The minimum absolute atomic E-state index is 0.268. The molecule has 3 aromatic rings. The van der Waals surface area contributed by atoms with E-state index < -0.39 is 0 Å². The molecule has 0 saturated carbocycles. The Balaban J connectivity index is 1.61. The van der Waals surface area contributed by atoms with Crippen molar-refractivity contribution in [3.05, 3.63) is 76.5 Å². The Hall–Kier alpha value is -2.66. The lowest BCUT2D eigenvalue weighted by Gasteiger charge is -2.30. The van der Waals surface area contributed by atoms with Crippen molar-refractivity contribution in [2.24, 2.45) is 0 Å². The van der Waals surface area contributed by atoms with E-state index in [1.807, 2.05) is 18.3 Å². The van der Waals surface area contributed by atoms with E-state index in [9.17, 15) is 4.39 Å². The van der Waals surface area contributed by atoms with Gasteiger partial charge < -0.3 is 10.2 Å². The van der Waals surface area contributed by atoms with Gasteiger partial charge in [-0.05, 0) is 42.3 Å². The quantitative estimate of drug-likeness (QED) is 0.715. The highest BCUT2D eigenvalue weighted by atomic mass is 35.5. The summed E-state index contributed by atoms with van der Waals surface area (Å²) in [6.07, 6.45) is 4.39. The zero-order valence-electron chi connectivity index (χ0n) is 14.3. The van der Waals surface area contributed by atoms with Gasteiger partial charge in [-0.25, -0.2) is 9.37 Å². The van der Waals surface area contributed by atoms with E-state index in [0.29, 0.717) is 5.02 Å². The topological polar surface area (TPSA) is 41.1 Å². The van der Waals surface area contributed by atoms with Gasteiger partial charge in [0.15, 0.2) is 0 Å². The number of hydrogen-bond donors (Lipinski definition) is 1. The summed E-state index contributed by atoms with van der Waals surface area (Å²) in [7, 11) is 0. The second-order valence-electron chi connectivity index (χ2n) is 6.37. The molecule has 4 nitrogen and oxygen atoms in total. The minimum Gasteiger partial charge on any atom is -0.352 e. The zero-order valence-corrected chi connectivity index (χ0v) is 15.1. The van der Waals surface area contributed by atoms with Gasteiger partial charge in [0.2, 0.25) is 0 Å². The average Bonchev–Trinajstić information content (AvgIpc) is 2.65. The van der Waals surface area contributed by atoms with Crippen LogP contribution in [0.25, 0.3) is 0 Å². The average molecular weight is 369 g/mol. The van der Waals surface area contributed by atoms with E-state index in [1.165, 1.54) is 6.07 Å². The van der Waals surface area contributed by atoms with Crippen LogP contribution in [0.3, 0.4) is 0 Å². The number of rotatable bonds is 3. The minimum atomic E-state index is -0.388. The molecule has 1 aliphatic heterocycles. The Morgan fingerprint density at radius 1 is 1.19 bits per heavy atom. The van der Waals surface area contributed by atoms with Gasteiger partial charge in [-0.3, -0.25) is 4.98 Å². The Kier molecular flexibility index (Phi) is 4.47. The van der Waals surface area contributed by atoms with Crippen molar-refractivity contribution in [3.8, 4) is 0 Å². The molecule has 0 unspecified atom stereocenters. The van der Waals surface area contributed by atoms with Crippen LogP contribution in [-0.2, 0) is 13.0 Å². The van der Waals surface area contributed by atoms with E-state index in [1.54, 1.807) is 18.3 Å². The first-order valence-electron chi connectivity index (χ1n) is 8.47. The third kappa shape index (κ3) is 3.22. The molecule has 1 aromatic carbocycles. The van der Waals surface area contributed by atoms with Gasteiger partial charge in [-0.2, -0.15) is 0 Å². The highest BCUT2D eigenvalue weighted by molar-refractivity contribution is 6.33. The standard InChI is InChI=1S/C20H18ClFN4/c1-13-4-3-8-23-20(13)26-9-7-18-14(12-26)10-15(11-24-18)25-19-16(21)5-2-6-17(19)22/h2-6,8,10-11,25H,7,9,12H2,1H3. The summed E-state index contributed by atoms with van der Waals surface area (Å²) in [5.74, 6) is 0.606. The fourth-order valence-electron chi connectivity index (χ4n) is 3.25. The summed E-state index contributed by atoms with van der Waals surface area (Å²) in [6, 6.07) is 10.6. The molecule has 0 aliphatic carbocycles. The molecule has 6 heteroatoms. The second-order valence-corrected chi connectivity index (χ2v) is 6.77. The molecular formula is C20H18ClFN4. The summed E-state index contributed by atoms with van der Waals surface area (Å²) in [6.45, 7) is 3.67. The summed E-state index contributed by atoms with van der Waals surface area (Å²) >= 11 is 6.10. The fraction of sp³-hybridized carbons (Fsp3) is 0.200. The molecule has 0 radical (unpaired) electrons. The number of halogens is 2. The van der Waals surface area contributed by atoms with Gasteiger partial charge in [-0.1, -0.05) is 23.7 Å². The van der Waals surface area contributed by atoms with E-state index in [4.69, 9.17) is 11.6 Å². The van der Waals surface area contributed by atoms with E-state index in [0.717, 1.165) is 47.8 Å².